The lowest BCUT2D eigenvalue weighted by Crippen LogP contribution is -2.47. The Labute approximate surface area is 155 Å². The predicted octanol–water partition coefficient (Wildman–Crippen LogP) is 1.41. The fourth-order valence-electron chi connectivity index (χ4n) is 3.01. The Morgan fingerprint density at radius 3 is 2.58 bits per heavy atom. The van der Waals surface area contributed by atoms with Crippen LogP contribution in [0.4, 0.5) is 0 Å². The molecular formula is C18H22N4O3S. The van der Waals surface area contributed by atoms with Crippen LogP contribution in [-0.4, -0.2) is 45.6 Å². The predicted molar refractivity (Wildman–Crippen MR) is 100.0 cm³/mol. The van der Waals surface area contributed by atoms with Crippen LogP contribution in [0.25, 0.3) is 10.6 Å². The van der Waals surface area contributed by atoms with Gasteiger partial charge in [0.1, 0.15) is 12.2 Å². The molecule has 8 heteroatoms. The van der Waals surface area contributed by atoms with Gasteiger partial charge in [0, 0.05) is 37.0 Å². The Balaban J connectivity index is 1.62. The van der Waals surface area contributed by atoms with Crippen molar-refractivity contribution in [3.8, 4) is 10.6 Å². The minimum absolute atomic E-state index is 0.0249. The summed E-state index contributed by atoms with van der Waals surface area (Å²) < 4.78 is 1.20. The van der Waals surface area contributed by atoms with Crippen molar-refractivity contribution in [2.45, 2.75) is 39.3 Å². The van der Waals surface area contributed by atoms with Crippen LogP contribution in [0.2, 0.25) is 0 Å². The number of aryl methyl sites for hydroxylation is 1. The number of aromatic nitrogens is 2. The molecule has 7 nitrogen and oxygen atoms in total. The Morgan fingerprint density at radius 1 is 1.23 bits per heavy atom. The topological polar surface area (TPSA) is 84.3 Å². The number of rotatable bonds is 4. The average Bonchev–Trinajstić information content (AvgIpc) is 3.03. The summed E-state index contributed by atoms with van der Waals surface area (Å²) in [6.07, 6.45) is 1.45. The van der Waals surface area contributed by atoms with Crippen LogP contribution in [0.15, 0.2) is 29.1 Å². The van der Waals surface area contributed by atoms with Crippen molar-refractivity contribution in [1.82, 2.24) is 20.0 Å². The molecule has 1 N–H and O–H groups in total. The molecule has 0 atom stereocenters. The smallest absolute Gasteiger partial charge is 0.267 e. The third-order valence-electron chi connectivity index (χ3n) is 4.46. The minimum Gasteiger partial charge on any atom is -0.352 e. The molecule has 1 fully saturated rings. The number of carbonyl (C=O) groups is 2. The van der Waals surface area contributed by atoms with Gasteiger partial charge in [-0.3, -0.25) is 14.4 Å². The minimum atomic E-state index is -0.302. The Kier molecular flexibility index (Phi) is 5.51. The van der Waals surface area contributed by atoms with Gasteiger partial charge in [-0.2, -0.15) is 5.10 Å². The number of likely N-dealkylation sites (tertiary alicyclic amines) is 1. The number of nitrogens with one attached hydrogen (secondary N) is 1. The van der Waals surface area contributed by atoms with E-state index in [9.17, 15) is 14.4 Å². The van der Waals surface area contributed by atoms with E-state index in [1.807, 2.05) is 19.1 Å². The Morgan fingerprint density at radius 2 is 1.96 bits per heavy atom. The monoisotopic (exact) mass is 374 g/mol. The molecule has 0 radical (unpaired) electrons. The normalized spacial score (nSPS) is 15.1. The lowest BCUT2D eigenvalue weighted by atomic mass is 10.1. The van der Waals surface area contributed by atoms with Gasteiger partial charge < -0.3 is 10.2 Å². The number of carbonyl (C=O) groups excluding carboxylic acids is 2. The van der Waals surface area contributed by atoms with E-state index in [0.29, 0.717) is 18.8 Å². The highest BCUT2D eigenvalue weighted by Gasteiger charge is 2.22. The number of amides is 2. The van der Waals surface area contributed by atoms with Gasteiger partial charge >= 0.3 is 0 Å². The molecule has 3 heterocycles. The number of hydrogen-bond acceptors (Lipinski definition) is 5. The first-order valence-electron chi connectivity index (χ1n) is 8.62. The van der Waals surface area contributed by atoms with Crippen molar-refractivity contribution in [1.29, 1.82) is 0 Å². The van der Waals surface area contributed by atoms with E-state index < -0.39 is 0 Å². The molecule has 0 aromatic carbocycles. The first-order valence-corrected chi connectivity index (χ1v) is 9.44. The molecule has 0 spiro atoms. The molecule has 0 bridgehead atoms. The first kappa shape index (κ1) is 18.3. The molecule has 1 saturated heterocycles. The van der Waals surface area contributed by atoms with E-state index in [2.05, 4.69) is 10.4 Å². The van der Waals surface area contributed by atoms with Crippen LogP contribution in [0, 0.1) is 6.92 Å². The SMILES string of the molecule is CC(=O)N1CCC(NC(=O)Cn2nc(-c3ccc(C)s3)ccc2=O)CC1. The molecule has 2 aromatic heterocycles. The number of hydrogen-bond donors (Lipinski definition) is 1. The van der Waals surface area contributed by atoms with Crippen molar-refractivity contribution >= 4 is 23.2 Å². The summed E-state index contributed by atoms with van der Waals surface area (Å²) in [6.45, 7) is 4.75. The van der Waals surface area contributed by atoms with Gasteiger partial charge in [-0.15, -0.1) is 11.3 Å². The molecule has 0 unspecified atom stereocenters. The van der Waals surface area contributed by atoms with Crippen molar-refractivity contribution < 1.29 is 9.59 Å². The zero-order valence-corrected chi connectivity index (χ0v) is 15.7. The average molecular weight is 374 g/mol. The second-order valence-electron chi connectivity index (χ2n) is 6.47. The largest absolute Gasteiger partial charge is 0.352 e. The van der Waals surface area contributed by atoms with Crippen LogP contribution in [0.5, 0.6) is 0 Å². The van der Waals surface area contributed by atoms with Crippen LogP contribution in [0.1, 0.15) is 24.6 Å². The summed E-state index contributed by atoms with van der Waals surface area (Å²) in [5.41, 5.74) is 0.383. The summed E-state index contributed by atoms with van der Waals surface area (Å²) in [5.74, 6) is -0.174. The zero-order chi connectivity index (χ0) is 18.7. The van der Waals surface area contributed by atoms with Crippen LogP contribution >= 0.6 is 11.3 Å². The standard InChI is InChI=1S/C18H22N4O3S/c1-12-3-5-16(26-12)15-4-6-18(25)22(20-15)11-17(24)19-14-7-9-21(10-8-14)13(2)23/h3-6,14H,7-11H2,1-2H3,(H,19,24). The van der Waals surface area contributed by atoms with Crippen molar-refractivity contribution in [2.75, 3.05) is 13.1 Å². The third-order valence-corrected chi connectivity index (χ3v) is 5.48. The zero-order valence-electron chi connectivity index (χ0n) is 14.9. The van der Waals surface area contributed by atoms with Gasteiger partial charge in [0.05, 0.1) is 4.88 Å². The number of piperidine rings is 1. The maximum absolute atomic E-state index is 12.3. The van der Waals surface area contributed by atoms with Gasteiger partial charge in [-0.1, -0.05) is 0 Å². The molecule has 2 aromatic rings. The fourth-order valence-corrected chi connectivity index (χ4v) is 3.85. The second-order valence-corrected chi connectivity index (χ2v) is 7.76. The second kappa shape index (κ2) is 7.82. The van der Waals surface area contributed by atoms with E-state index in [4.69, 9.17) is 0 Å². The molecule has 0 aliphatic carbocycles. The molecule has 138 valence electrons. The summed E-state index contributed by atoms with van der Waals surface area (Å²) in [6, 6.07) is 7.10. The van der Waals surface area contributed by atoms with Crippen molar-refractivity contribution in [2.24, 2.45) is 0 Å². The van der Waals surface area contributed by atoms with Crippen LogP contribution < -0.4 is 10.9 Å². The van der Waals surface area contributed by atoms with Crippen LogP contribution in [0.3, 0.4) is 0 Å². The van der Waals surface area contributed by atoms with E-state index in [1.165, 1.54) is 10.7 Å². The van der Waals surface area contributed by atoms with E-state index in [1.54, 1.807) is 29.2 Å². The van der Waals surface area contributed by atoms with Gasteiger partial charge in [0.2, 0.25) is 11.8 Å². The molecular weight excluding hydrogens is 352 g/mol. The van der Waals surface area contributed by atoms with Crippen molar-refractivity contribution in [3.63, 3.8) is 0 Å². The van der Waals surface area contributed by atoms with E-state index in [-0.39, 0.29) is 30.0 Å². The third kappa shape index (κ3) is 4.37. The van der Waals surface area contributed by atoms with Gasteiger partial charge in [0.15, 0.2) is 0 Å². The molecule has 0 saturated carbocycles. The van der Waals surface area contributed by atoms with E-state index >= 15 is 0 Å². The van der Waals surface area contributed by atoms with Gasteiger partial charge in [-0.25, -0.2) is 4.68 Å². The van der Waals surface area contributed by atoms with Crippen LogP contribution in [-0.2, 0) is 16.1 Å². The molecule has 1 aliphatic heterocycles. The fraction of sp³-hybridized carbons (Fsp3) is 0.444. The maximum Gasteiger partial charge on any atom is 0.267 e. The molecule has 2 amide bonds. The van der Waals surface area contributed by atoms with Gasteiger partial charge in [-0.05, 0) is 38.0 Å². The van der Waals surface area contributed by atoms with Gasteiger partial charge in [0.25, 0.3) is 5.56 Å². The molecule has 3 rings (SSSR count). The summed E-state index contributed by atoms with van der Waals surface area (Å²) in [7, 11) is 0. The highest BCUT2D eigenvalue weighted by atomic mass is 32.1. The Bertz CT molecular complexity index is 865. The quantitative estimate of drug-likeness (QED) is 0.877. The lowest BCUT2D eigenvalue weighted by Gasteiger charge is -2.31. The molecule has 1 aliphatic rings. The molecule has 26 heavy (non-hydrogen) atoms. The highest BCUT2D eigenvalue weighted by Crippen LogP contribution is 2.24. The summed E-state index contributed by atoms with van der Waals surface area (Å²) in [4.78, 5) is 39.6. The Hall–Kier alpha value is -2.48. The first-order chi connectivity index (χ1) is 12.4. The lowest BCUT2D eigenvalue weighted by molar-refractivity contribution is -0.130. The number of nitrogens with zero attached hydrogens (tertiary/aromatic N) is 3. The van der Waals surface area contributed by atoms with E-state index in [0.717, 1.165) is 22.6 Å². The maximum atomic E-state index is 12.3. The highest BCUT2D eigenvalue weighted by molar-refractivity contribution is 7.15. The summed E-state index contributed by atoms with van der Waals surface area (Å²) >= 11 is 1.59. The number of thiophene rings is 1. The summed E-state index contributed by atoms with van der Waals surface area (Å²) in [5, 5.41) is 7.27. The van der Waals surface area contributed by atoms with Crippen molar-refractivity contribution in [3.05, 3.63) is 39.5 Å².